The van der Waals surface area contributed by atoms with Crippen LogP contribution < -0.4 is 5.32 Å². The second-order valence-electron chi connectivity index (χ2n) is 6.20. The van der Waals surface area contributed by atoms with Gasteiger partial charge in [0.1, 0.15) is 5.82 Å². The summed E-state index contributed by atoms with van der Waals surface area (Å²) in [5.41, 5.74) is 4.11. The van der Waals surface area contributed by atoms with Crippen molar-refractivity contribution in [1.29, 1.82) is 0 Å². The SMILES string of the molecule is Cc1ccnc(C)c1NC(=O)c1cncc2c1cnn2-c1ccc(F)cc1. The molecule has 4 aromatic rings. The zero-order valence-electron chi connectivity index (χ0n) is 14.8. The minimum Gasteiger partial charge on any atom is -0.320 e. The largest absolute Gasteiger partial charge is 0.320 e. The fraction of sp³-hybridized carbons (Fsp3) is 0.100. The number of hydrogen-bond acceptors (Lipinski definition) is 4. The second kappa shape index (κ2) is 6.60. The number of fused-ring (bicyclic) bond motifs is 1. The molecule has 0 aliphatic heterocycles. The third kappa shape index (κ3) is 3.03. The summed E-state index contributed by atoms with van der Waals surface area (Å²) in [5.74, 6) is -0.610. The predicted octanol–water partition coefficient (Wildman–Crippen LogP) is 3.82. The maximum absolute atomic E-state index is 13.2. The van der Waals surface area contributed by atoms with Crippen molar-refractivity contribution in [3.05, 3.63) is 77.8 Å². The van der Waals surface area contributed by atoms with Gasteiger partial charge in [0.2, 0.25) is 0 Å². The Morgan fingerprint density at radius 2 is 1.85 bits per heavy atom. The molecular formula is C20H16FN5O. The van der Waals surface area contributed by atoms with Gasteiger partial charge in [0.25, 0.3) is 5.91 Å². The molecule has 0 unspecified atom stereocenters. The molecular weight excluding hydrogens is 345 g/mol. The summed E-state index contributed by atoms with van der Waals surface area (Å²) in [4.78, 5) is 21.3. The average Bonchev–Trinajstić information content (AvgIpc) is 3.09. The Kier molecular flexibility index (Phi) is 4.12. The van der Waals surface area contributed by atoms with E-state index in [1.165, 1.54) is 18.3 Å². The lowest BCUT2D eigenvalue weighted by Crippen LogP contribution is -2.15. The number of carbonyl (C=O) groups excluding carboxylic acids is 1. The molecule has 0 radical (unpaired) electrons. The van der Waals surface area contributed by atoms with Gasteiger partial charge >= 0.3 is 0 Å². The van der Waals surface area contributed by atoms with Crippen LogP contribution in [0.4, 0.5) is 10.1 Å². The zero-order chi connectivity index (χ0) is 19.0. The Hall–Kier alpha value is -3.61. The van der Waals surface area contributed by atoms with Gasteiger partial charge in [-0.25, -0.2) is 9.07 Å². The fourth-order valence-corrected chi connectivity index (χ4v) is 2.97. The lowest BCUT2D eigenvalue weighted by atomic mass is 10.1. The number of nitrogens with zero attached hydrogens (tertiary/aromatic N) is 4. The topological polar surface area (TPSA) is 72.7 Å². The zero-order valence-corrected chi connectivity index (χ0v) is 14.8. The van der Waals surface area contributed by atoms with Crippen LogP contribution >= 0.6 is 0 Å². The van der Waals surface area contributed by atoms with Crippen LogP contribution in [0.3, 0.4) is 0 Å². The van der Waals surface area contributed by atoms with Gasteiger partial charge in [-0.05, 0) is 49.7 Å². The Bertz CT molecular complexity index is 1130. The number of hydrogen-bond donors (Lipinski definition) is 1. The Labute approximate surface area is 154 Å². The maximum Gasteiger partial charge on any atom is 0.258 e. The molecule has 1 amide bonds. The predicted molar refractivity (Wildman–Crippen MR) is 100 cm³/mol. The van der Waals surface area contributed by atoms with E-state index >= 15 is 0 Å². The van der Waals surface area contributed by atoms with Crippen molar-refractivity contribution < 1.29 is 9.18 Å². The minimum atomic E-state index is -0.324. The van der Waals surface area contributed by atoms with E-state index in [0.717, 1.165) is 11.3 Å². The first-order valence-corrected chi connectivity index (χ1v) is 8.36. The molecule has 4 rings (SSSR count). The van der Waals surface area contributed by atoms with Crippen LogP contribution in [0.2, 0.25) is 0 Å². The molecule has 3 aromatic heterocycles. The first kappa shape index (κ1) is 16.8. The number of pyridine rings is 2. The molecule has 3 heterocycles. The van der Waals surface area contributed by atoms with Gasteiger partial charge in [0.15, 0.2) is 0 Å². The molecule has 0 atom stereocenters. The van der Waals surface area contributed by atoms with E-state index in [9.17, 15) is 9.18 Å². The fourth-order valence-electron chi connectivity index (χ4n) is 2.97. The highest BCUT2D eigenvalue weighted by molar-refractivity contribution is 6.12. The van der Waals surface area contributed by atoms with E-state index in [1.54, 1.807) is 35.4 Å². The van der Waals surface area contributed by atoms with Crippen molar-refractivity contribution in [2.24, 2.45) is 0 Å². The van der Waals surface area contributed by atoms with Gasteiger partial charge in [0.05, 0.1) is 40.5 Å². The molecule has 6 nitrogen and oxygen atoms in total. The monoisotopic (exact) mass is 361 g/mol. The van der Waals surface area contributed by atoms with Crippen molar-refractivity contribution in [3.8, 4) is 5.69 Å². The molecule has 0 saturated heterocycles. The summed E-state index contributed by atoms with van der Waals surface area (Å²) in [5, 5.41) is 7.92. The highest BCUT2D eigenvalue weighted by Gasteiger charge is 2.16. The number of benzene rings is 1. The number of nitrogens with one attached hydrogen (secondary N) is 1. The number of carbonyl (C=O) groups is 1. The number of aromatic nitrogens is 4. The van der Waals surface area contributed by atoms with Crippen LogP contribution in [0, 0.1) is 19.7 Å². The number of halogens is 1. The standard InChI is InChI=1S/C20H16FN5O/c1-12-7-8-23-13(2)19(12)25-20(27)17-9-22-11-18-16(17)10-24-26(18)15-5-3-14(21)4-6-15/h3-11H,1-2H3,(H,25,27). The van der Waals surface area contributed by atoms with Gasteiger partial charge in [-0.3, -0.25) is 14.8 Å². The maximum atomic E-state index is 13.2. The molecule has 0 bridgehead atoms. The number of aryl methyl sites for hydroxylation is 2. The van der Waals surface area contributed by atoms with E-state index in [4.69, 9.17) is 0 Å². The van der Waals surface area contributed by atoms with E-state index in [0.29, 0.717) is 27.8 Å². The summed E-state index contributed by atoms with van der Waals surface area (Å²) in [6.45, 7) is 3.75. The number of anilines is 1. The van der Waals surface area contributed by atoms with E-state index in [1.807, 2.05) is 19.9 Å². The van der Waals surface area contributed by atoms with Crippen LogP contribution in [0.5, 0.6) is 0 Å². The lowest BCUT2D eigenvalue weighted by molar-refractivity contribution is 0.102. The van der Waals surface area contributed by atoms with Crippen molar-refractivity contribution in [3.63, 3.8) is 0 Å². The molecule has 1 aromatic carbocycles. The lowest BCUT2D eigenvalue weighted by Gasteiger charge is -2.11. The molecule has 7 heteroatoms. The van der Waals surface area contributed by atoms with E-state index in [-0.39, 0.29) is 11.7 Å². The normalized spacial score (nSPS) is 10.9. The number of rotatable bonds is 3. The molecule has 27 heavy (non-hydrogen) atoms. The molecule has 1 N–H and O–H groups in total. The van der Waals surface area contributed by atoms with Crippen molar-refractivity contribution in [2.45, 2.75) is 13.8 Å². The smallest absolute Gasteiger partial charge is 0.258 e. The van der Waals surface area contributed by atoms with Crippen LogP contribution in [0.15, 0.2) is 55.1 Å². The van der Waals surface area contributed by atoms with Crippen LogP contribution in [-0.2, 0) is 0 Å². The summed E-state index contributed by atoms with van der Waals surface area (Å²) in [6, 6.07) is 7.81. The molecule has 0 aliphatic carbocycles. The molecule has 134 valence electrons. The van der Waals surface area contributed by atoms with E-state index in [2.05, 4.69) is 20.4 Å². The third-order valence-corrected chi connectivity index (χ3v) is 4.40. The molecule has 0 fully saturated rings. The molecule has 0 saturated carbocycles. The average molecular weight is 361 g/mol. The second-order valence-corrected chi connectivity index (χ2v) is 6.20. The van der Waals surface area contributed by atoms with Crippen LogP contribution in [0.25, 0.3) is 16.6 Å². The van der Waals surface area contributed by atoms with Gasteiger partial charge < -0.3 is 5.32 Å². The highest BCUT2D eigenvalue weighted by Crippen LogP contribution is 2.23. The summed E-state index contributed by atoms with van der Waals surface area (Å²) in [6.07, 6.45) is 6.45. The van der Waals surface area contributed by atoms with Gasteiger partial charge in [-0.1, -0.05) is 0 Å². The van der Waals surface area contributed by atoms with Crippen molar-refractivity contribution >= 4 is 22.5 Å². The first-order chi connectivity index (χ1) is 13.0. The first-order valence-electron chi connectivity index (χ1n) is 8.36. The van der Waals surface area contributed by atoms with Crippen LogP contribution in [-0.4, -0.2) is 25.7 Å². The summed E-state index contributed by atoms with van der Waals surface area (Å²) < 4.78 is 14.8. The van der Waals surface area contributed by atoms with Crippen LogP contribution in [0.1, 0.15) is 21.6 Å². The molecule has 0 aliphatic rings. The van der Waals surface area contributed by atoms with E-state index < -0.39 is 0 Å². The van der Waals surface area contributed by atoms with Gasteiger partial charge in [-0.15, -0.1) is 0 Å². The Morgan fingerprint density at radius 1 is 1.07 bits per heavy atom. The van der Waals surface area contributed by atoms with Gasteiger partial charge in [-0.2, -0.15) is 5.10 Å². The summed E-state index contributed by atoms with van der Waals surface area (Å²) >= 11 is 0. The quantitative estimate of drug-likeness (QED) is 0.602. The minimum absolute atomic E-state index is 0.286. The third-order valence-electron chi connectivity index (χ3n) is 4.40. The Balaban J connectivity index is 1.75. The van der Waals surface area contributed by atoms with Gasteiger partial charge in [0, 0.05) is 17.8 Å². The highest BCUT2D eigenvalue weighted by atomic mass is 19.1. The van der Waals surface area contributed by atoms with Crippen molar-refractivity contribution in [1.82, 2.24) is 19.7 Å². The Morgan fingerprint density at radius 3 is 2.59 bits per heavy atom. The number of amides is 1. The summed E-state index contributed by atoms with van der Waals surface area (Å²) in [7, 11) is 0. The van der Waals surface area contributed by atoms with Crippen molar-refractivity contribution in [2.75, 3.05) is 5.32 Å². The molecule has 0 spiro atoms.